The lowest BCUT2D eigenvalue weighted by molar-refractivity contribution is 0.164. The van der Waals surface area contributed by atoms with Crippen molar-refractivity contribution in [2.24, 2.45) is 17.8 Å². The molecule has 0 N–H and O–H groups in total. The van der Waals surface area contributed by atoms with Crippen molar-refractivity contribution in [3.05, 3.63) is 64.2 Å². The first kappa shape index (κ1) is 23.1. The highest BCUT2D eigenvalue weighted by Gasteiger charge is 2.32. The molecule has 2 saturated carbocycles. The highest BCUT2D eigenvalue weighted by molar-refractivity contribution is 5.32. The Labute approximate surface area is 188 Å². The predicted molar refractivity (Wildman–Crippen MR) is 118 cm³/mol. The zero-order valence-corrected chi connectivity index (χ0v) is 18.9. The molecule has 0 amide bonds. The van der Waals surface area contributed by atoms with E-state index in [4.69, 9.17) is 4.74 Å². The van der Waals surface area contributed by atoms with Gasteiger partial charge in [-0.05, 0) is 86.3 Å². The van der Waals surface area contributed by atoms with Crippen LogP contribution in [0.15, 0.2) is 24.3 Å². The molecule has 0 aromatic heterocycles. The van der Waals surface area contributed by atoms with Gasteiger partial charge in [0.15, 0.2) is 23.2 Å². The Morgan fingerprint density at radius 3 is 2.00 bits per heavy atom. The molecule has 5 heteroatoms. The highest BCUT2D eigenvalue weighted by Crippen LogP contribution is 2.44. The highest BCUT2D eigenvalue weighted by atomic mass is 19.2. The van der Waals surface area contributed by atoms with Gasteiger partial charge in [-0.1, -0.05) is 38.0 Å². The third-order valence-electron chi connectivity index (χ3n) is 7.75. The number of rotatable bonds is 5. The Morgan fingerprint density at radius 1 is 0.719 bits per heavy atom. The van der Waals surface area contributed by atoms with Crippen LogP contribution in [0.3, 0.4) is 0 Å². The smallest absolute Gasteiger partial charge is 0.200 e. The largest absolute Gasteiger partial charge is 0.486 e. The quantitative estimate of drug-likeness (QED) is 0.419. The van der Waals surface area contributed by atoms with Gasteiger partial charge in [0, 0.05) is 5.56 Å². The molecular weight excluding hydrogens is 416 g/mol. The second kappa shape index (κ2) is 9.84. The van der Waals surface area contributed by atoms with Gasteiger partial charge in [-0.15, -0.1) is 0 Å². The fraction of sp³-hybridized carbons (Fsp3) is 0.556. The van der Waals surface area contributed by atoms with Crippen LogP contribution in [0.1, 0.15) is 80.9 Å². The minimum atomic E-state index is -1.12. The number of hydrogen-bond donors (Lipinski definition) is 0. The van der Waals surface area contributed by atoms with E-state index in [0.29, 0.717) is 11.5 Å². The average Bonchev–Trinajstić information content (AvgIpc) is 2.80. The molecule has 0 bridgehead atoms. The minimum Gasteiger partial charge on any atom is -0.486 e. The molecule has 2 aromatic rings. The summed E-state index contributed by atoms with van der Waals surface area (Å²) < 4.78 is 62.6. The third kappa shape index (κ3) is 4.82. The van der Waals surface area contributed by atoms with Gasteiger partial charge in [0.05, 0.1) is 0 Å². The van der Waals surface area contributed by atoms with Crippen LogP contribution < -0.4 is 4.74 Å². The van der Waals surface area contributed by atoms with Gasteiger partial charge < -0.3 is 4.74 Å². The van der Waals surface area contributed by atoms with Gasteiger partial charge in [0.25, 0.3) is 0 Å². The first-order chi connectivity index (χ1) is 15.3. The molecule has 2 fully saturated rings. The number of aryl methyl sites for hydroxylation is 1. The van der Waals surface area contributed by atoms with Crippen molar-refractivity contribution in [3.63, 3.8) is 0 Å². The van der Waals surface area contributed by atoms with Crippen molar-refractivity contribution in [1.29, 1.82) is 0 Å². The van der Waals surface area contributed by atoms with E-state index >= 15 is 0 Å². The lowest BCUT2D eigenvalue weighted by Gasteiger charge is -2.37. The van der Waals surface area contributed by atoms with Gasteiger partial charge in [-0.3, -0.25) is 0 Å². The lowest BCUT2D eigenvalue weighted by atomic mass is 9.68. The van der Waals surface area contributed by atoms with Crippen molar-refractivity contribution in [1.82, 2.24) is 0 Å². The van der Waals surface area contributed by atoms with E-state index in [0.717, 1.165) is 37.5 Å². The Bertz CT molecular complexity index is 941. The summed E-state index contributed by atoms with van der Waals surface area (Å²) in [7, 11) is 0. The topological polar surface area (TPSA) is 9.23 Å². The molecule has 1 nitrogen and oxygen atoms in total. The fourth-order valence-corrected chi connectivity index (χ4v) is 5.59. The molecule has 0 saturated heterocycles. The van der Waals surface area contributed by atoms with Crippen LogP contribution in [0.4, 0.5) is 17.6 Å². The molecule has 0 aliphatic heterocycles. The van der Waals surface area contributed by atoms with Crippen LogP contribution in [0.25, 0.3) is 0 Å². The van der Waals surface area contributed by atoms with E-state index in [-0.39, 0.29) is 29.4 Å². The summed E-state index contributed by atoms with van der Waals surface area (Å²) in [6.45, 7) is 3.41. The number of ether oxygens (including phenoxy) is 1. The SMILES string of the molecule is Cc1ccc(OCc2ccc(C3CCC(C4CCC(C)CC4)CC3)c(F)c2F)c(F)c1F. The second-order valence-corrected chi connectivity index (χ2v) is 9.87. The maximum Gasteiger partial charge on any atom is 0.200 e. The number of benzene rings is 2. The van der Waals surface area contributed by atoms with Crippen molar-refractivity contribution >= 4 is 0 Å². The van der Waals surface area contributed by atoms with E-state index in [2.05, 4.69) is 6.92 Å². The monoisotopic (exact) mass is 448 g/mol. The van der Waals surface area contributed by atoms with Crippen LogP contribution in [0.5, 0.6) is 5.75 Å². The first-order valence-corrected chi connectivity index (χ1v) is 11.9. The molecule has 4 rings (SSSR count). The maximum atomic E-state index is 14.9. The summed E-state index contributed by atoms with van der Waals surface area (Å²) in [5, 5.41) is 0. The zero-order valence-electron chi connectivity index (χ0n) is 18.9. The summed E-state index contributed by atoms with van der Waals surface area (Å²) in [6.07, 6.45) is 9.16. The standard InChI is InChI=1S/C27H32F4O/c1-16-3-6-18(7-4-16)19-8-10-20(11-9-19)22-13-12-21(25(29)26(22)30)15-32-23-14-5-17(2)24(28)27(23)31/h5,12-14,16,18-20H,3-4,6-11,15H2,1-2H3. The maximum absolute atomic E-state index is 14.9. The summed E-state index contributed by atoms with van der Waals surface area (Å²) in [6, 6.07) is 5.82. The second-order valence-electron chi connectivity index (χ2n) is 9.87. The van der Waals surface area contributed by atoms with Crippen LogP contribution in [-0.2, 0) is 6.61 Å². The van der Waals surface area contributed by atoms with Crippen molar-refractivity contribution in [2.45, 2.75) is 77.7 Å². The normalized spacial score (nSPS) is 26.2. The lowest BCUT2D eigenvalue weighted by Crippen LogP contribution is -2.25. The molecule has 0 radical (unpaired) electrons. The molecule has 2 aliphatic rings. The Hall–Kier alpha value is -2.04. The summed E-state index contributed by atoms with van der Waals surface area (Å²) in [4.78, 5) is 0. The van der Waals surface area contributed by atoms with Gasteiger partial charge in [-0.25, -0.2) is 13.2 Å². The van der Waals surface area contributed by atoms with E-state index in [1.165, 1.54) is 50.8 Å². The molecule has 32 heavy (non-hydrogen) atoms. The molecule has 0 heterocycles. The van der Waals surface area contributed by atoms with E-state index in [1.54, 1.807) is 6.07 Å². The van der Waals surface area contributed by atoms with Crippen LogP contribution >= 0.6 is 0 Å². The fourth-order valence-electron chi connectivity index (χ4n) is 5.59. The minimum absolute atomic E-state index is 0.00311. The zero-order chi connectivity index (χ0) is 22.8. The predicted octanol–water partition coefficient (Wildman–Crippen LogP) is 8.23. The van der Waals surface area contributed by atoms with Crippen molar-refractivity contribution < 1.29 is 22.3 Å². The number of hydrogen-bond acceptors (Lipinski definition) is 1. The van der Waals surface area contributed by atoms with E-state index < -0.39 is 23.3 Å². The van der Waals surface area contributed by atoms with Crippen LogP contribution in [-0.4, -0.2) is 0 Å². The third-order valence-corrected chi connectivity index (χ3v) is 7.75. The Morgan fingerprint density at radius 2 is 1.34 bits per heavy atom. The Kier molecular flexibility index (Phi) is 7.11. The van der Waals surface area contributed by atoms with Gasteiger partial charge >= 0.3 is 0 Å². The number of halogens is 4. The molecular formula is C27H32F4O. The van der Waals surface area contributed by atoms with Crippen molar-refractivity contribution in [2.75, 3.05) is 0 Å². The molecule has 2 aliphatic carbocycles. The van der Waals surface area contributed by atoms with Crippen molar-refractivity contribution in [3.8, 4) is 5.75 Å². The molecule has 0 spiro atoms. The summed E-state index contributed by atoms with van der Waals surface area (Å²) >= 11 is 0. The average molecular weight is 449 g/mol. The van der Waals surface area contributed by atoms with Gasteiger partial charge in [-0.2, -0.15) is 4.39 Å². The van der Waals surface area contributed by atoms with E-state index in [9.17, 15) is 17.6 Å². The van der Waals surface area contributed by atoms with Gasteiger partial charge in [0.1, 0.15) is 6.61 Å². The molecule has 2 aromatic carbocycles. The first-order valence-electron chi connectivity index (χ1n) is 11.9. The Balaban J connectivity index is 1.38. The molecule has 0 unspecified atom stereocenters. The van der Waals surface area contributed by atoms with E-state index in [1.807, 2.05) is 0 Å². The van der Waals surface area contributed by atoms with Crippen LogP contribution in [0.2, 0.25) is 0 Å². The molecule has 174 valence electrons. The summed E-state index contributed by atoms with van der Waals surface area (Å²) in [5.41, 5.74) is 0.579. The van der Waals surface area contributed by atoms with Crippen LogP contribution in [0, 0.1) is 47.9 Å². The van der Waals surface area contributed by atoms with Gasteiger partial charge in [0.2, 0.25) is 5.82 Å². The molecule has 0 atom stereocenters. The summed E-state index contributed by atoms with van der Waals surface area (Å²) in [5.74, 6) is -1.85.